The molecule has 0 aliphatic heterocycles. The van der Waals surface area contributed by atoms with Crippen molar-refractivity contribution >= 4 is 17.9 Å². The summed E-state index contributed by atoms with van der Waals surface area (Å²) in [5.74, 6) is -1.07. The van der Waals surface area contributed by atoms with Gasteiger partial charge in [-0.1, -0.05) is 301 Å². The number of ether oxygens (including phenoxy) is 3. The Balaban J connectivity index is 4.24. The van der Waals surface area contributed by atoms with Gasteiger partial charge in [0.1, 0.15) is 13.2 Å². The van der Waals surface area contributed by atoms with E-state index in [9.17, 15) is 14.4 Å². The minimum Gasteiger partial charge on any atom is -0.462 e. The summed E-state index contributed by atoms with van der Waals surface area (Å²) in [4.78, 5) is 38.2. The number of rotatable bonds is 59. The molecular weight excluding hydrogens is 1010 g/mol. The van der Waals surface area contributed by atoms with Crippen molar-refractivity contribution < 1.29 is 28.6 Å². The third kappa shape index (κ3) is 65.8. The lowest BCUT2D eigenvalue weighted by atomic mass is 10.0. The highest BCUT2D eigenvalue weighted by molar-refractivity contribution is 5.72. The average molecular weight is 1130 g/mol. The van der Waals surface area contributed by atoms with E-state index in [1.165, 1.54) is 109 Å². The molecule has 462 valence electrons. The van der Waals surface area contributed by atoms with Crippen molar-refractivity contribution in [1.29, 1.82) is 0 Å². The van der Waals surface area contributed by atoms with Gasteiger partial charge in [-0.15, -0.1) is 0 Å². The third-order valence-electron chi connectivity index (χ3n) is 13.8. The third-order valence-corrected chi connectivity index (χ3v) is 13.8. The van der Waals surface area contributed by atoms with Gasteiger partial charge in [0.15, 0.2) is 6.10 Å². The van der Waals surface area contributed by atoms with Crippen LogP contribution in [0.2, 0.25) is 0 Å². The van der Waals surface area contributed by atoms with Crippen LogP contribution in [0.4, 0.5) is 0 Å². The van der Waals surface area contributed by atoms with E-state index in [1.54, 1.807) is 6.08 Å². The van der Waals surface area contributed by atoms with Crippen molar-refractivity contribution in [3.63, 3.8) is 0 Å². The molecule has 0 bridgehead atoms. The van der Waals surface area contributed by atoms with Crippen LogP contribution >= 0.6 is 0 Å². The predicted molar refractivity (Wildman–Crippen MR) is 357 cm³/mol. The Labute approximate surface area is 505 Å². The lowest BCUT2D eigenvalue weighted by Crippen LogP contribution is -2.30. The van der Waals surface area contributed by atoms with Gasteiger partial charge in [-0.3, -0.25) is 14.4 Å². The van der Waals surface area contributed by atoms with Crippen molar-refractivity contribution in [2.45, 2.75) is 290 Å². The first kappa shape index (κ1) is 77.0. The Morgan fingerprint density at radius 1 is 0.268 bits per heavy atom. The lowest BCUT2D eigenvalue weighted by Gasteiger charge is -2.18. The molecule has 0 saturated heterocycles. The van der Waals surface area contributed by atoms with E-state index in [4.69, 9.17) is 14.2 Å². The van der Waals surface area contributed by atoms with E-state index in [2.05, 4.69) is 167 Å². The fourth-order valence-electron chi connectivity index (χ4n) is 8.83. The number of carbonyl (C=O) groups is 3. The van der Waals surface area contributed by atoms with Gasteiger partial charge in [-0.05, 0) is 122 Å². The van der Waals surface area contributed by atoms with Gasteiger partial charge in [0.25, 0.3) is 0 Å². The molecule has 0 fully saturated rings. The van der Waals surface area contributed by atoms with Crippen LogP contribution in [-0.2, 0) is 28.6 Å². The Morgan fingerprint density at radius 3 is 0.805 bits per heavy atom. The van der Waals surface area contributed by atoms with E-state index >= 15 is 0 Å². The number of esters is 3. The molecule has 82 heavy (non-hydrogen) atoms. The highest BCUT2D eigenvalue weighted by Crippen LogP contribution is 2.16. The van der Waals surface area contributed by atoms with E-state index in [0.717, 1.165) is 128 Å². The van der Waals surface area contributed by atoms with Gasteiger partial charge < -0.3 is 14.2 Å². The summed E-state index contributed by atoms with van der Waals surface area (Å²) in [5, 5.41) is 0. The summed E-state index contributed by atoms with van der Waals surface area (Å²) < 4.78 is 16.8. The number of carbonyl (C=O) groups excluding carboxylic acids is 3. The Bertz CT molecular complexity index is 1830. The minimum atomic E-state index is -0.844. The molecule has 0 rings (SSSR count). The van der Waals surface area contributed by atoms with Crippen LogP contribution in [0, 0.1) is 0 Å². The highest BCUT2D eigenvalue weighted by Gasteiger charge is 2.19. The SMILES string of the molecule is CC/C=C\C/C=C\C/C=C\C/C=C\C/C=C\C/C=C\CCCCCCCCCCCCCCCCCCC(=O)OCC(COC(=O)CCCCCCC/C=C\C/C=C\CCCC)OC(=O)C/C=C\C/C=C\C/C=C\C/C=C\C/C=C\CC. The molecule has 0 aromatic rings. The zero-order valence-corrected chi connectivity index (χ0v) is 52.9. The van der Waals surface area contributed by atoms with Gasteiger partial charge in [0.05, 0.1) is 6.42 Å². The number of allylic oxidation sites excluding steroid dienone is 25. The van der Waals surface area contributed by atoms with Crippen LogP contribution in [0.25, 0.3) is 0 Å². The normalized spacial score (nSPS) is 13.2. The van der Waals surface area contributed by atoms with Gasteiger partial charge >= 0.3 is 17.9 Å². The molecule has 0 aromatic heterocycles. The lowest BCUT2D eigenvalue weighted by molar-refractivity contribution is -0.166. The van der Waals surface area contributed by atoms with E-state index in [1.807, 2.05) is 6.08 Å². The van der Waals surface area contributed by atoms with Gasteiger partial charge in [0, 0.05) is 12.8 Å². The van der Waals surface area contributed by atoms with Crippen molar-refractivity contribution in [1.82, 2.24) is 0 Å². The summed E-state index contributed by atoms with van der Waals surface area (Å²) in [7, 11) is 0. The van der Waals surface area contributed by atoms with Crippen LogP contribution < -0.4 is 0 Å². The Morgan fingerprint density at radius 2 is 0.512 bits per heavy atom. The van der Waals surface area contributed by atoms with Crippen molar-refractivity contribution in [3.8, 4) is 0 Å². The monoisotopic (exact) mass is 1130 g/mol. The second-order valence-corrected chi connectivity index (χ2v) is 21.6. The molecule has 0 aliphatic carbocycles. The Kier molecular flexibility index (Phi) is 64.4. The molecule has 0 radical (unpaired) electrons. The number of unbranched alkanes of at least 4 members (excludes halogenated alkanes) is 23. The number of hydrogen-bond acceptors (Lipinski definition) is 6. The van der Waals surface area contributed by atoms with Crippen molar-refractivity contribution in [2.24, 2.45) is 0 Å². The van der Waals surface area contributed by atoms with Gasteiger partial charge in [-0.25, -0.2) is 0 Å². The molecule has 0 amide bonds. The molecule has 0 spiro atoms. The highest BCUT2D eigenvalue weighted by atomic mass is 16.6. The summed E-state index contributed by atoms with van der Waals surface area (Å²) in [6.07, 6.45) is 100. The molecular formula is C76H122O6. The summed E-state index contributed by atoms with van der Waals surface area (Å²) in [6.45, 7) is 6.28. The predicted octanol–water partition coefficient (Wildman–Crippen LogP) is 23.3. The maximum atomic E-state index is 12.8. The molecule has 0 saturated carbocycles. The van der Waals surface area contributed by atoms with Gasteiger partial charge in [0.2, 0.25) is 0 Å². The van der Waals surface area contributed by atoms with Crippen molar-refractivity contribution in [3.05, 3.63) is 158 Å². The van der Waals surface area contributed by atoms with E-state index in [-0.39, 0.29) is 31.6 Å². The zero-order chi connectivity index (χ0) is 59.2. The maximum absolute atomic E-state index is 12.8. The molecule has 0 N–H and O–H groups in total. The fourth-order valence-corrected chi connectivity index (χ4v) is 8.83. The Hall–Kier alpha value is -4.97. The van der Waals surface area contributed by atoms with Gasteiger partial charge in [-0.2, -0.15) is 0 Å². The molecule has 6 nitrogen and oxygen atoms in total. The fraction of sp³-hybridized carbons (Fsp3) is 0.618. The van der Waals surface area contributed by atoms with Crippen LogP contribution in [0.15, 0.2) is 158 Å². The second-order valence-electron chi connectivity index (χ2n) is 21.6. The average Bonchev–Trinajstić information content (AvgIpc) is 3.48. The quantitative estimate of drug-likeness (QED) is 0.0261. The van der Waals surface area contributed by atoms with E-state index < -0.39 is 12.1 Å². The topological polar surface area (TPSA) is 78.9 Å². The van der Waals surface area contributed by atoms with Crippen LogP contribution in [0.1, 0.15) is 284 Å². The number of hydrogen-bond donors (Lipinski definition) is 0. The largest absolute Gasteiger partial charge is 0.462 e. The molecule has 0 heterocycles. The maximum Gasteiger partial charge on any atom is 0.310 e. The summed E-state index contributed by atoms with van der Waals surface area (Å²) in [5.41, 5.74) is 0. The second kappa shape index (κ2) is 68.5. The first-order valence-corrected chi connectivity index (χ1v) is 33.5. The molecule has 1 unspecified atom stereocenters. The standard InChI is InChI=1S/C76H122O6/c1-4-7-10-13-16-19-22-25-28-29-30-31-32-33-34-35-36-37-38-39-40-41-42-43-44-45-46-47-49-51-54-57-60-63-66-69-75(78)81-72-73(71-80-74(77)68-65-62-59-56-53-50-27-24-21-18-15-12-9-6-3)82-76(79)70-67-64-61-58-55-52-48-26-23-20-17-14-11-8-5-2/h7-8,10-11,15-20,24-28,30-31,33-34,36-37,48,55,58,64,67,73H,4-6,9,12-14,21-23,29,32,35,38-47,49-54,56-57,59-63,65-66,68-72H2,1-3H3/b10-7-,11-8-,18-15-,19-16-,20-17-,27-24-,28-25-,31-30-,34-33-,37-36-,48-26-,58-55-,67-64-. The molecule has 0 aliphatic rings. The van der Waals surface area contributed by atoms with Crippen LogP contribution in [-0.4, -0.2) is 37.2 Å². The summed E-state index contributed by atoms with van der Waals surface area (Å²) >= 11 is 0. The first-order valence-electron chi connectivity index (χ1n) is 33.5. The molecule has 0 aromatic carbocycles. The molecule has 1 atom stereocenters. The minimum absolute atomic E-state index is 0.0892. The zero-order valence-electron chi connectivity index (χ0n) is 52.9. The van der Waals surface area contributed by atoms with Crippen LogP contribution in [0.3, 0.4) is 0 Å². The van der Waals surface area contributed by atoms with Crippen LogP contribution in [0.5, 0.6) is 0 Å². The van der Waals surface area contributed by atoms with E-state index in [0.29, 0.717) is 19.3 Å². The van der Waals surface area contributed by atoms with Crippen molar-refractivity contribution in [2.75, 3.05) is 13.2 Å². The first-order chi connectivity index (χ1) is 40.5. The smallest absolute Gasteiger partial charge is 0.310 e. The summed E-state index contributed by atoms with van der Waals surface area (Å²) in [6, 6.07) is 0. The molecule has 6 heteroatoms.